The van der Waals surface area contributed by atoms with Crippen molar-refractivity contribution in [2.75, 3.05) is 20.3 Å². The standard InChI is InChI=1S/C28H36O5/c1-3-10-23-21(14-16-24-25(29)18-20-33-28(23)24)11-6-4-5-9-19-32-26-13-8-7-12-22(26)15-17-27(30)31-2/h7-8,12-14,16H,3-6,9-11,15,17-20H2,1-2H3. The Kier molecular flexibility index (Phi) is 9.79. The second kappa shape index (κ2) is 13.0. The van der Waals surface area contributed by atoms with Gasteiger partial charge in [-0.15, -0.1) is 0 Å². The molecule has 0 saturated heterocycles. The second-order valence-corrected chi connectivity index (χ2v) is 8.55. The normalized spacial score (nSPS) is 12.7. The average molecular weight is 453 g/mol. The Labute approximate surface area is 197 Å². The van der Waals surface area contributed by atoms with Crippen molar-refractivity contribution in [2.24, 2.45) is 0 Å². The van der Waals surface area contributed by atoms with Gasteiger partial charge in [0, 0.05) is 12.8 Å². The molecule has 1 heterocycles. The first kappa shape index (κ1) is 24.8. The predicted molar refractivity (Wildman–Crippen MR) is 129 cm³/mol. The van der Waals surface area contributed by atoms with Crippen LogP contribution in [0.1, 0.15) is 78.9 Å². The lowest BCUT2D eigenvalue weighted by atomic mass is 9.92. The van der Waals surface area contributed by atoms with Gasteiger partial charge in [0.25, 0.3) is 0 Å². The largest absolute Gasteiger partial charge is 0.493 e. The zero-order valence-electron chi connectivity index (χ0n) is 20.0. The summed E-state index contributed by atoms with van der Waals surface area (Å²) in [6.45, 7) is 3.34. The Morgan fingerprint density at radius 1 is 0.970 bits per heavy atom. The molecule has 0 saturated carbocycles. The van der Waals surface area contributed by atoms with E-state index < -0.39 is 0 Å². The third-order valence-electron chi connectivity index (χ3n) is 6.13. The van der Waals surface area contributed by atoms with Gasteiger partial charge in [0.1, 0.15) is 11.5 Å². The van der Waals surface area contributed by atoms with Crippen LogP contribution in [0, 0.1) is 0 Å². The summed E-state index contributed by atoms with van der Waals surface area (Å²) in [6.07, 6.45) is 8.82. The second-order valence-electron chi connectivity index (χ2n) is 8.55. The average Bonchev–Trinajstić information content (AvgIpc) is 2.84. The quantitative estimate of drug-likeness (QED) is 0.280. The minimum absolute atomic E-state index is 0.201. The van der Waals surface area contributed by atoms with E-state index in [1.54, 1.807) is 0 Å². The molecule has 0 fully saturated rings. The minimum Gasteiger partial charge on any atom is -0.493 e. The molecule has 1 aliphatic rings. The summed E-state index contributed by atoms with van der Waals surface area (Å²) in [5.41, 5.74) is 4.35. The Balaban J connectivity index is 1.42. The van der Waals surface area contributed by atoms with Crippen molar-refractivity contribution in [3.05, 3.63) is 58.7 Å². The zero-order chi connectivity index (χ0) is 23.5. The topological polar surface area (TPSA) is 61.8 Å². The lowest BCUT2D eigenvalue weighted by Gasteiger charge is -2.22. The van der Waals surface area contributed by atoms with E-state index in [9.17, 15) is 9.59 Å². The third kappa shape index (κ3) is 7.08. The maximum absolute atomic E-state index is 12.2. The molecule has 0 N–H and O–H groups in total. The number of para-hydroxylation sites is 1. The molecule has 0 amide bonds. The maximum atomic E-state index is 12.2. The van der Waals surface area contributed by atoms with Crippen molar-refractivity contribution in [3.8, 4) is 11.5 Å². The summed E-state index contributed by atoms with van der Waals surface area (Å²) in [5, 5.41) is 0. The molecule has 2 aromatic rings. The van der Waals surface area contributed by atoms with Gasteiger partial charge >= 0.3 is 5.97 Å². The molecular formula is C28H36O5. The highest BCUT2D eigenvalue weighted by Gasteiger charge is 2.22. The minimum atomic E-state index is -0.205. The van der Waals surface area contributed by atoms with Gasteiger partial charge in [-0.25, -0.2) is 0 Å². The van der Waals surface area contributed by atoms with Gasteiger partial charge in [-0.05, 0) is 60.9 Å². The summed E-state index contributed by atoms with van der Waals surface area (Å²) in [5.74, 6) is 1.69. The number of carbonyl (C=O) groups is 2. The van der Waals surface area contributed by atoms with Crippen LogP contribution in [0.3, 0.4) is 0 Å². The van der Waals surface area contributed by atoms with Crippen LogP contribution in [0.2, 0.25) is 0 Å². The van der Waals surface area contributed by atoms with Gasteiger partial charge < -0.3 is 14.2 Å². The van der Waals surface area contributed by atoms with E-state index in [2.05, 4.69) is 13.0 Å². The van der Waals surface area contributed by atoms with Crippen LogP contribution in [0.5, 0.6) is 11.5 Å². The van der Waals surface area contributed by atoms with E-state index in [1.165, 1.54) is 18.2 Å². The smallest absolute Gasteiger partial charge is 0.305 e. The Bertz CT molecular complexity index is 934. The van der Waals surface area contributed by atoms with E-state index in [4.69, 9.17) is 14.2 Å². The molecule has 3 rings (SSSR count). The molecule has 0 bridgehead atoms. The molecule has 0 unspecified atom stereocenters. The van der Waals surface area contributed by atoms with Crippen LogP contribution in [0.15, 0.2) is 36.4 Å². The van der Waals surface area contributed by atoms with Crippen LogP contribution < -0.4 is 9.47 Å². The van der Waals surface area contributed by atoms with Crippen molar-refractivity contribution in [1.29, 1.82) is 0 Å². The van der Waals surface area contributed by atoms with Crippen LogP contribution in [-0.4, -0.2) is 32.1 Å². The molecule has 0 aromatic heterocycles. The number of unbranched alkanes of at least 4 members (excludes halogenated alkanes) is 3. The third-order valence-corrected chi connectivity index (χ3v) is 6.13. The molecule has 33 heavy (non-hydrogen) atoms. The molecule has 0 atom stereocenters. The molecule has 178 valence electrons. The molecule has 2 aromatic carbocycles. The van der Waals surface area contributed by atoms with Crippen LogP contribution in [0.4, 0.5) is 0 Å². The first-order valence-corrected chi connectivity index (χ1v) is 12.2. The number of ether oxygens (including phenoxy) is 3. The summed E-state index contributed by atoms with van der Waals surface area (Å²) < 4.78 is 16.6. The number of hydrogen-bond acceptors (Lipinski definition) is 5. The van der Waals surface area contributed by atoms with Gasteiger partial charge in [-0.2, -0.15) is 0 Å². The Morgan fingerprint density at radius 3 is 2.61 bits per heavy atom. The Hall–Kier alpha value is -2.82. The van der Waals surface area contributed by atoms with Gasteiger partial charge in [-0.3, -0.25) is 9.59 Å². The van der Waals surface area contributed by atoms with E-state index in [0.717, 1.165) is 67.6 Å². The first-order chi connectivity index (χ1) is 16.1. The molecular weight excluding hydrogens is 416 g/mol. The molecule has 0 spiro atoms. The van der Waals surface area contributed by atoms with Crippen LogP contribution >= 0.6 is 0 Å². The fourth-order valence-electron chi connectivity index (χ4n) is 4.33. The lowest BCUT2D eigenvalue weighted by molar-refractivity contribution is -0.140. The first-order valence-electron chi connectivity index (χ1n) is 12.2. The number of esters is 1. The highest BCUT2D eigenvalue weighted by Crippen LogP contribution is 2.33. The fourth-order valence-corrected chi connectivity index (χ4v) is 4.33. The Morgan fingerprint density at radius 2 is 1.79 bits per heavy atom. The predicted octanol–water partition coefficient (Wildman–Crippen LogP) is 5.89. The van der Waals surface area contributed by atoms with Gasteiger partial charge in [-0.1, -0.05) is 50.5 Å². The number of rotatable bonds is 13. The van der Waals surface area contributed by atoms with E-state index in [0.29, 0.717) is 32.5 Å². The number of hydrogen-bond donors (Lipinski definition) is 0. The number of Topliss-reactive ketones (excluding diaryl/α,β-unsaturated/α-hetero) is 1. The molecule has 5 heteroatoms. The van der Waals surface area contributed by atoms with E-state index in [-0.39, 0.29) is 11.8 Å². The summed E-state index contributed by atoms with van der Waals surface area (Å²) in [7, 11) is 1.41. The van der Waals surface area contributed by atoms with Crippen molar-refractivity contribution in [1.82, 2.24) is 0 Å². The van der Waals surface area contributed by atoms with Crippen LogP contribution in [0.25, 0.3) is 0 Å². The zero-order valence-corrected chi connectivity index (χ0v) is 20.0. The SMILES string of the molecule is CCCc1c(CCCCCCOc2ccccc2CCC(=O)OC)ccc2c1OCCC2=O. The molecule has 5 nitrogen and oxygen atoms in total. The molecule has 0 radical (unpaired) electrons. The molecule has 0 aliphatic carbocycles. The van der Waals surface area contributed by atoms with Gasteiger partial charge in [0.05, 0.1) is 25.9 Å². The monoisotopic (exact) mass is 452 g/mol. The number of ketones is 1. The summed E-state index contributed by atoms with van der Waals surface area (Å²) >= 11 is 0. The number of benzene rings is 2. The van der Waals surface area contributed by atoms with Crippen molar-refractivity contribution >= 4 is 11.8 Å². The number of fused-ring (bicyclic) bond motifs is 1. The van der Waals surface area contributed by atoms with Crippen LogP contribution in [-0.2, 0) is 28.8 Å². The summed E-state index contributed by atoms with van der Waals surface area (Å²) in [4.78, 5) is 23.6. The highest BCUT2D eigenvalue weighted by atomic mass is 16.5. The highest BCUT2D eigenvalue weighted by molar-refractivity contribution is 6.00. The number of methoxy groups -OCH3 is 1. The van der Waals surface area contributed by atoms with Crippen molar-refractivity contribution < 1.29 is 23.8 Å². The fraction of sp³-hybridized carbons (Fsp3) is 0.500. The molecule has 1 aliphatic heterocycles. The van der Waals surface area contributed by atoms with Gasteiger partial charge in [0.15, 0.2) is 5.78 Å². The number of carbonyl (C=O) groups excluding carboxylic acids is 2. The van der Waals surface area contributed by atoms with E-state index >= 15 is 0 Å². The van der Waals surface area contributed by atoms with Gasteiger partial charge in [0.2, 0.25) is 0 Å². The maximum Gasteiger partial charge on any atom is 0.305 e. The lowest BCUT2D eigenvalue weighted by Crippen LogP contribution is -2.17. The summed E-state index contributed by atoms with van der Waals surface area (Å²) in [6, 6.07) is 12.0. The van der Waals surface area contributed by atoms with E-state index in [1.807, 2.05) is 30.3 Å². The van der Waals surface area contributed by atoms with Crippen molar-refractivity contribution in [2.45, 2.75) is 71.1 Å². The van der Waals surface area contributed by atoms with Crippen molar-refractivity contribution in [3.63, 3.8) is 0 Å². The number of aryl methyl sites for hydroxylation is 2.